The minimum absolute atomic E-state index is 0.0572. The standard InChI is InChI=1S/C19H21FN2O3S/c1-22(19(21)23)12-14-5-2-4-13-10-17(8-9-18(13)14)26(24,25)16-7-3-6-15(20)11-16/h3,6-11,14H,2,4-5,12H2,1H3,(H2,21,23)/t14-/m0/s1. The summed E-state index contributed by atoms with van der Waals surface area (Å²) in [5, 5.41) is 0. The summed E-state index contributed by atoms with van der Waals surface area (Å²) in [7, 11) is -2.12. The first kappa shape index (κ1) is 18.4. The molecule has 0 spiro atoms. The number of likely N-dealkylation sites (N-methyl/N-ethyl adjacent to an activating group) is 1. The third-order valence-corrected chi connectivity index (χ3v) is 6.59. The van der Waals surface area contributed by atoms with Crippen LogP contribution >= 0.6 is 0 Å². The van der Waals surface area contributed by atoms with Gasteiger partial charge in [-0.05, 0) is 60.7 Å². The van der Waals surface area contributed by atoms with Crippen molar-refractivity contribution in [3.63, 3.8) is 0 Å². The zero-order valence-corrected chi connectivity index (χ0v) is 15.3. The Morgan fingerprint density at radius 2 is 1.96 bits per heavy atom. The predicted octanol–water partition coefficient (Wildman–Crippen LogP) is 3.09. The molecular weight excluding hydrogens is 355 g/mol. The van der Waals surface area contributed by atoms with Crippen LogP contribution < -0.4 is 5.73 Å². The van der Waals surface area contributed by atoms with Crippen LogP contribution in [0, 0.1) is 5.82 Å². The summed E-state index contributed by atoms with van der Waals surface area (Å²) in [5.74, 6) is -0.458. The fraction of sp³-hybridized carbons (Fsp3) is 0.316. The highest BCUT2D eigenvalue weighted by Gasteiger charge is 2.25. The van der Waals surface area contributed by atoms with Crippen LogP contribution in [0.15, 0.2) is 52.3 Å². The van der Waals surface area contributed by atoms with Crippen molar-refractivity contribution < 1.29 is 17.6 Å². The summed E-state index contributed by atoms with van der Waals surface area (Å²) in [6.45, 7) is 0.498. The first-order valence-corrected chi connectivity index (χ1v) is 9.91. The normalized spacial score (nSPS) is 16.8. The number of hydrogen-bond donors (Lipinski definition) is 1. The van der Waals surface area contributed by atoms with Crippen LogP contribution in [0.3, 0.4) is 0 Å². The van der Waals surface area contributed by atoms with E-state index >= 15 is 0 Å². The number of rotatable bonds is 4. The Morgan fingerprint density at radius 1 is 1.23 bits per heavy atom. The molecule has 0 radical (unpaired) electrons. The largest absolute Gasteiger partial charge is 0.351 e. The first-order valence-electron chi connectivity index (χ1n) is 8.43. The van der Waals surface area contributed by atoms with Crippen LogP contribution in [0.25, 0.3) is 0 Å². The van der Waals surface area contributed by atoms with Crippen molar-refractivity contribution in [3.05, 3.63) is 59.4 Å². The summed E-state index contributed by atoms with van der Waals surface area (Å²) >= 11 is 0. The lowest BCUT2D eigenvalue weighted by atomic mass is 9.82. The van der Waals surface area contributed by atoms with Gasteiger partial charge in [0.05, 0.1) is 9.79 Å². The van der Waals surface area contributed by atoms with Gasteiger partial charge >= 0.3 is 6.03 Å². The highest BCUT2D eigenvalue weighted by molar-refractivity contribution is 7.91. The van der Waals surface area contributed by atoms with E-state index in [1.165, 1.54) is 23.1 Å². The molecule has 0 bridgehead atoms. The Hall–Kier alpha value is -2.41. The molecule has 0 saturated carbocycles. The lowest BCUT2D eigenvalue weighted by Gasteiger charge is -2.29. The van der Waals surface area contributed by atoms with E-state index in [1.54, 1.807) is 25.2 Å². The number of hydrogen-bond acceptors (Lipinski definition) is 3. The van der Waals surface area contributed by atoms with Gasteiger partial charge in [0.25, 0.3) is 0 Å². The van der Waals surface area contributed by atoms with Crippen LogP contribution in [0.1, 0.15) is 29.9 Å². The van der Waals surface area contributed by atoms with Crippen molar-refractivity contribution in [2.24, 2.45) is 5.73 Å². The molecule has 2 aromatic rings. The molecule has 2 amide bonds. The third-order valence-electron chi connectivity index (χ3n) is 4.84. The Labute approximate surface area is 152 Å². The average Bonchev–Trinajstić information content (AvgIpc) is 2.61. The van der Waals surface area contributed by atoms with Gasteiger partial charge in [0.2, 0.25) is 9.84 Å². The Morgan fingerprint density at radius 3 is 2.65 bits per heavy atom. The molecule has 2 N–H and O–H groups in total. The quantitative estimate of drug-likeness (QED) is 0.890. The van der Waals surface area contributed by atoms with Gasteiger partial charge in [0.1, 0.15) is 5.82 Å². The summed E-state index contributed by atoms with van der Waals surface area (Å²) in [6.07, 6.45) is 2.60. The number of nitrogens with two attached hydrogens (primary N) is 1. The van der Waals surface area contributed by atoms with Crippen molar-refractivity contribution in [1.29, 1.82) is 0 Å². The van der Waals surface area contributed by atoms with E-state index in [-0.39, 0.29) is 15.7 Å². The van der Waals surface area contributed by atoms with Crippen molar-refractivity contribution in [2.45, 2.75) is 35.0 Å². The van der Waals surface area contributed by atoms with E-state index in [0.29, 0.717) is 6.54 Å². The fourth-order valence-electron chi connectivity index (χ4n) is 3.44. The number of sulfone groups is 1. The number of primary amides is 1. The molecule has 3 rings (SSSR count). The summed E-state index contributed by atoms with van der Waals surface area (Å²) in [4.78, 5) is 12.9. The molecule has 0 saturated heterocycles. The molecule has 138 valence electrons. The summed E-state index contributed by atoms with van der Waals surface area (Å²) in [5.41, 5.74) is 7.31. The van der Waals surface area contributed by atoms with Crippen LogP contribution in [0.2, 0.25) is 0 Å². The maximum absolute atomic E-state index is 13.4. The van der Waals surface area contributed by atoms with Gasteiger partial charge in [-0.15, -0.1) is 0 Å². The van der Waals surface area contributed by atoms with Crippen molar-refractivity contribution in [1.82, 2.24) is 4.90 Å². The van der Waals surface area contributed by atoms with Crippen LogP contribution in [-0.4, -0.2) is 32.9 Å². The molecule has 0 fully saturated rings. The zero-order valence-electron chi connectivity index (χ0n) is 14.5. The van der Waals surface area contributed by atoms with E-state index in [0.717, 1.165) is 36.5 Å². The van der Waals surface area contributed by atoms with Crippen LogP contribution in [0.4, 0.5) is 9.18 Å². The van der Waals surface area contributed by atoms with Crippen molar-refractivity contribution in [2.75, 3.05) is 13.6 Å². The predicted molar refractivity (Wildman–Crippen MR) is 96.2 cm³/mol. The van der Waals surface area contributed by atoms with Gasteiger partial charge in [-0.3, -0.25) is 0 Å². The maximum Gasteiger partial charge on any atom is 0.314 e. The van der Waals surface area contributed by atoms with E-state index in [1.807, 2.05) is 0 Å². The van der Waals surface area contributed by atoms with Gasteiger partial charge < -0.3 is 10.6 Å². The topological polar surface area (TPSA) is 80.5 Å². The molecule has 2 aromatic carbocycles. The van der Waals surface area contributed by atoms with E-state index < -0.39 is 21.7 Å². The van der Waals surface area contributed by atoms with Gasteiger partial charge in [-0.25, -0.2) is 17.6 Å². The van der Waals surface area contributed by atoms with Gasteiger partial charge in [-0.1, -0.05) is 12.1 Å². The molecule has 1 aliphatic carbocycles. The number of urea groups is 1. The van der Waals surface area contributed by atoms with E-state index in [4.69, 9.17) is 5.73 Å². The van der Waals surface area contributed by atoms with Gasteiger partial charge in [-0.2, -0.15) is 0 Å². The minimum Gasteiger partial charge on any atom is -0.351 e. The second kappa shape index (κ2) is 7.07. The molecule has 0 unspecified atom stereocenters. The molecule has 5 nitrogen and oxygen atoms in total. The number of carbonyl (C=O) groups excluding carboxylic acids is 1. The second-order valence-corrected chi connectivity index (χ2v) is 8.58. The molecular formula is C19H21FN2O3S. The number of aryl methyl sites for hydroxylation is 1. The lowest BCUT2D eigenvalue weighted by Crippen LogP contribution is -2.36. The Balaban J connectivity index is 1.95. The molecule has 1 atom stereocenters. The summed E-state index contributed by atoms with van der Waals surface area (Å²) in [6, 6.07) is 9.57. The molecule has 26 heavy (non-hydrogen) atoms. The lowest BCUT2D eigenvalue weighted by molar-refractivity contribution is 0.214. The highest BCUT2D eigenvalue weighted by Crippen LogP contribution is 2.34. The van der Waals surface area contributed by atoms with Gasteiger partial charge in [0, 0.05) is 19.5 Å². The Bertz CT molecular complexity index is 944. The average molecular weight is 376 g/mol. The second-order valence-electron chi connectivity index (χ2n) is 6.63. The summed E-state index contributed by atoms with van der Waals surface area (Å²) < 4.78 is 39.0. The monoisotopic (exact) mass is 376 g/mol. The number of nitrogens with zero attached hydrogens (tertiary/aromatic N) is 1. The maximum atomic E-state index is 13.4. The van der Waals surface area contributed by atoms with Crippen molar-refractivity contribution >= 4 is 15.9 Å². The minimum atomic E-state index is -3.77. The van der Waals surface area contributed by atoms with Gasteiger partial charge in [0.15, 0.2) is 0 Å². The third kappa shape index (κ3) is 3.58. The van der Waals surface area contributed by atoms with Crippen molar-refractivity contribution in [3.8, 4) is 0 Å². The number of carbonyl (C=O) groups is 1. The molecule has 1 aliphatic rings. The number of fused-ring (bicyclic) bond motifs is 1. The SMILES string of the molecule is CN(C[C@@H]1CCCc2cc(S(=O)(=O)c3cccc(F)c3)ccc21)C(N)=O. The number of amides is 2. The fourth-order valence-corrected chi connectivity index (χ4v) is 4.78. The first-order chi connectivity index (χ1) is 12.3. The molecule has 0 heterocycles. The smallest absolute Gasteiger partial charge is 0.314 e. The van der Waals surface area contributed by atoms with Crippen LogP contribution in [-0.2, 0) is 16.3 Å². The highest BCUT2D eigenvalue weighted by atomic mass is 32.2. The zero-order chi connectivity index (χ0) is 18.9. The van der Waals surface area contributed by atoms with Crippen LogP contribution in [0.5, 0.6) is 0 Å². The molecule has 0 aliphatic heterocycles. The number of halogens is 1. The number of benzene rings is 2. The molecule has 7 heteroatoms. The Kier molecular flexibility index (Phi) is 5.00. The van der Waals surface area contributed by atoms with E-state index in [9.17, 15) is 17.6 Å². The van der Waals surface area contributed by atoms with E-state index in [2.05, 4.69) is 0 Å². The molecule has 0 aromatic heterocycles.